The average molecular weight is 223 g/mol. The predicted molar refractivity (Wildman–Crippen MR) is 57.0 cm³/mol. The number of rotatable bonds is 7. The van der Waals surface area contributed by atoms with Crippen molar-refractivity contribution in [2.45, 2.75) is 46.5 Å². The fraction of sp³-hybridized carbons (Fsp3) is 1.00. The molecule has 0 rings (SSSR count). The Kier molecular flexibility index (Phi) is 5.63. The molecular weight excluding hydrogens is 202 g/mol. The standard InChI is InChI=1S/C9H21NO3S/c1-4-9(5-2,6-3)7-8-13-14(10,11)12/h4-8H2,1-3H3,(H2,10,11,12). The monoisotopic (exact) mass is 223 g/mol. The molecule has 5 heteroatoms. The third-order valence-electron chi connectivity index (χ3n) is 3.13. The summed E-state index contributed by atoms with van der Waals surface area (Å²) in [5.41, 5.74) is 0.199. The zero-order valence-corrected chi connectivity index (χ0v) is 10.1. The highest BCUT2D eigenvalue weighted by Gasteiger charge is 2.23. The highest BCUT2D eigenvalue weighted by atomic mass is 32.2. The molecule has 0 aliphatic heterocycles. The summed E-state index contributed by atoms with van der Waals surface area (Å²) in [6.45, 7) is 6.53. The summed E-state index contributed by atoms with van der Waals surface area (Å²) in [6.07, 6.45) is 3.85. The second-order valence-corrected chi connectivity index (χ2v) is 4.85. The first-order chi connectivity index (χ1) is 6.39. The summed E-state index contributed by atoms with van der Waals surface area (Å²) >= 11 is 0. The van der Waals surface area contributed by atoms with E-state index >= 15 is 0 Å². The summed E-state index contributed by atoms with van der Waals surface area (Å²) in [7, 11) is -3.77. The van der Waals surface area contributed by atoms with Crippen LogP contribution >= 0.6 is 0 Å². The Bertz CT molecular complexity index is 237. The average Bonchev–Trinajstić information content (AvgIpc) is 2.11. The second kappa shape index (κ2) is 5.68. The van der Waals surface area contributed by atoms with Crippen LogP contribution in [0, 0.1) is 5.41 Å². The minimum absolute atomic E-state index is 0.189. The Morgan fingerprint density at radius 2 is 1.57 bits per heavy atom. The van der Waals surface area contributed by atoms with Gasteiger partial charge in [-0.2, -0.15) is 8.42 Å². The van der Waals surface area contributed by atoms with Crippen LogP contribution in [-0.4, -0.2) is 15.0 Å². The predicted octanol–water partition coefficient (Wildman–Crippen LogP) is 1.81. The molecule has 14 heavy (non-hydrogen) atoms. The first kappa shape index (κ1) is 13.9. The highest BCUT2D eigenvalue weighted by Crippen LogP contribution is 2.34. The maximum atomic E-state index is 10.5. The molecule has 4 nitrogen and oxygen atoms in total. The third kappa shape index (κ3) is 4.93. The molecule has 0 atom stereocenters. The van der Waals surface area contributed by atoms with Crippen LogP contribution in [0.25, 0.3) is 0 Å². The molecule has 0 aliphatic carbocycles. The summed E-state index contributed by atoms with van der Waals surface area (Å²) in [4.78, 5) is 0. The van der Waals surface area contributed by atoms with Crippen molar-refractivity contribution in [3.63, 3.8) is 0 Å². The Balaban J connectivity index is 4.08. The molecule has 0 heterocycles. The maximum absolute atomic E-state index is 10.5. The summed E-state index contributed by atoms with van der Waals surface area (Å²) in [5, 5.41) is 4.74. The Morgan fingerprint density at radius 3 is 1.86 bits per heavy atom. The molecule has 86 valence electrons. The van der Waals surface area contributed by atoms with E-state index in [2.05, 4.69) is 25.0 Å². The maximum Gasteiger partial charge on any atom is 0.333 e. The van der Waals surface area contributed by atoms with Gasteiger partial charge in [0, 0.05) is 0 Å². The van der Waals surface area contributed by atoms with Crippen molar-refractivity contribution in [2.75, 3.05) is 6.61 Å². The van der Waals surface area contributed by atoms with E-state index in [9.17, 15) is 8.42 Å². The van der Waals surface area contributed by atoms with Crippen LogP contribution in [0.3, 0.4) is 0 Å². The van der Waals surface area contributed by atoms with E-state index in [1.165, 1.54) is 0 Å². The fourth-order valence-corrected chi connectivity index (χ4v) is 1.97. The van der Waals surface area contributed by atoms with Gasteiger partial charge in [-0.1, -0.05) is 40.0 Å². The lowest BCUT2D eigenvalue weighted by Crippen LogP contribution is -2.23. The van der Waals surface area contributed by atoms with E-state index in [1.54, 1.807) is 0 Å². The third-order valence-corrected chi connectivity index (χ3v) is 3.63. The van der Waals surface area contributed by atoms with E-state index in [1.807, 2.05) is 0 Å². The van der Waals surface area contributed by atoms with Crippen molar-refractivity contribution in [1.82, 2.24) is 0 Å². The van der Waals surface area contributed by atoms with Crippen molar-refractivity contribution in [3.05, 3.63) is 0 Å². The van der Waals surface area contributed by atoms with Crippen LogP contribution in [0.5, 0.6) is 0 Å². The van der Waals surface area contributed by atoms with Crippen molar-refractivity contribution in [2.24, 2.45) is 10.6 Å². The van der Waals surface area contributed by atoms with E-state index in [0.717, 1.165) is 25.7 Å². The molecule has 0 saturated carbocycles. The van der Waals surface area contributed by atoms with Gasteiger partial charge in [-0.05, 0) is 11.8 Å². The number of nitrogens with two attached hydrogens (primary N) is 1. The molecule has 0 fully saturated rings. The van der Waals surface area contributed by atoms with Crippen molar-refractivity contribution in [1.29, 1.82) is 0 Å². The van der Waals surface area contributed by atoms with Gasteiger partial charge in [-0.25, -0.2) is 5.14 Å². The van der Waals surface area contributed by atoms with E-state index < -0.39 is 10.3 Å². The zero-order valence-electron chi connectivity index (χ0n) is 9.25. The topological polar surface area (TPSA) is 69.4 Å². The first-order valence-electron chi connectivity index (χ1n) is 5.06. The quantitative estimate of drug-likeness (QED) is 0.715. The smallest absolute Gasteiger partial charge is 0.258 e. The molecule has 0 aromatic carbocycles. The van der Waals surface area contributed by atoms with Crippen LogP contribution < -0.4 is 5.14 Å². The van der Waals surface area contributed by atoms with Crippen LogP contribution in [0.4, 0.5) is 0 Å². The highest BCUT2D eigenvalue weighted by molar-refractivity contribution is 7.84. The normalized spacial score (nSPS) is 13.1. The summed E-state index contributed by atoms with van der Waals surface area (Å²) < 4.78 is 25.6. The Hall–Kier alpha value is -0.130. The Labute approximate surface area is 87.1 Å². The van der Waals surface area contributed by atoms with Crippen LogP contribution in [0.1, 0.15) is 46.5 Å². The Morgan fingerprint density at radius 1 is 1.14 bits per heavy atom. The molecular formula is C9H21NO3S. The number of hydrogen-bond donors (Lipinski definition) is 1. The molecule has 2 N–H and O–H groups in total. The molecule has 0 saturated heterocycles. The largest absolute Gasteiger partial charge is 0.333 e. The van der Waals surface area contributed by atoms with Gasteiger partial charge in [0.15, 0.2) is 0 Å². The van der Waals surface area contributed by atoms with Crippen molar-refractivity contribution >= 4 is 10.3 Å². The van der Waals surface area contributed by atoms with E-state index in [0.29, 0.717) is 0 Å². The lowest BCUT2D eigenvalue weighted by Gasteiger charge is -2.29. The fourth-order valence-electron chi connectivity index (χ4n) is 1.65. The summed E-state index contributed by atoms with van der Waals surface area (Å²) in [6, 6.07) is 0. The molecule has 0 unspecified atom stereocenters. The SMILES string of the molecule is CCC(CC)(CC)CCOS(N)(=O)=O. The molecule has 0 radical (unpaired) electrons. The zero-order chi connectivity index (χ0) is 11.2. The van der Waals surface area contributed by atoms with Crippen molar-refractivity contribution in [3.8, 4) is 0 Å². The minimum atomic E-state index is -3.77. The van der Waals surface area contributed by atoms with E-state index in [4.69, 9.17) is 5.14 Å². The van der Waals surface area contributed by atoms with Crippen molar-refractivity contribution < 1.29 is 12.6 Å². The molecule has 0 bridgehead atoms. The van der Waals surface area contributed by atoms with E-state index in [-0.39, 0.29) is 12.0 Å². The van der Waals surface area contributed by atoms with Gasteiger partial charge in [0.25, 0.3) is 0 Å². The number of hydrogen-bond acceptors (Lipinski definition) is 3. The van der Waals surface area contributed by atoms with Gasteiger partial charge in [0.1, 0.15) is 0 Å². The summed E-state index contributed by atoms with van der Waals surface area (Å²) in [5.74, 6) is 0. The van der Waals surface area contributed by atoms with Gasteiger partial charge < -0.3 is 0 Å². The lowest BCUT2D eigenvalue weighted by molar-refractivity contribution is 0.176. The van der Waals surface area contributed by atoms with Gasteiger partial charge in [-0.15, -0.1) is 0 Å². The molecule has 0 aromatic rings. The van der Waals surface area contributed by atoms with Crippen LogP contribution in [0.15, 0.2) is 0 Å². The second-order valence-electron chi connectivity index (χ2n) is 3.63. The van der Waals surface area contributed by atoms with Crippen LogP contribution in [0.2, 0.25) is 0 Å². The minimum Gasteiger partial charge on any atom is -0.258 e. The van der Waals surface area contributed by atoms with Gasteiger partial charge in [-0.3, -0.25) is 4.18 Å². The molecule has 0 spiro atoms. The van der Waals surface area contributed by atoms with Crippen LogP contribution in [-0.2, 0) is 14.5 Å². The first-order valence-corrected chi connectivity index (χ1v) is 6.53. The molecule has 0 aromatic heterocycles. The molecule has 0 amide bonds. The molecule has 0 aliphatic rings. The van der Waals surface area contributed by atoms with Gasteiger partial charge in [0.2, 0.25) is 0 Å². The lowest BCUT2D eigenvalue weighted by atomic mass is 9.77. The van der Waals surface area contributed by atoms with Gasteiger partial charge >= 0.3 is 10.3 Å². The van der Waals surface area contributed by atoms with Gasteiger partial charge in [0.05, 0.1) is 6.61 Å².